The van der Waals surface area contributed by atoms with Gasteiger partial charge in [-0.05, 0) is 57.2 Å². The van der Waals surface area contributed by atoms with Crippen molar-refractivity contribution in [2.75, 3.05) is 4.72 Å². The number of anilines is 1. The van der Waals surface area contributed by atoms with Crippen LogP contribution in [0.3, 0.4) is 0 Å². The van der Waals surface area contributed by atoms with E-state index in [1.165, 1.54) is 23.5 Å². The van der Waals surface area contributed by atoms with Gasteiger partial charge in [-0.1, -0.05) is 24.6 Å². The average Bonchev–Trinajstić information content (AvgIpc) is 2.75. The summed E-state index contributed by atoms with van der Waals surface area (Å²) in [5, 5.41) is 0.367. The van der Waals surface area contributed by atoms with Crippen LogP contribution in [0.25, 0.3) is 0 Å². The Bertz CT molecular complexity index is 886. The Hall–Kier alpha value is -1.86. The van der Waals surface area contributed by atoms with Crippen LogP contribution in [-0.4, -0.2) is 20.5 Å². The Morgan fingerprint density at radius 2 is 1.81 bits per heavy atom. The zero-order valence-electron chi connectivity index (χ0n) is 14.9. The number of nitrogens with one attached hydrogen (secondary N) is 1. The van der Waals surface area contributed by atoms with Crippen LogP contribution in [0.15, 0.2) is 35.2 Å². The number of carbonyl (C=O) groups excluding carboxylic acids is 1. The number of thiophene rings is 1. The Morgan fingerprint density at radius 1 is 1.12 bits per heavy atom. The summed E-state index contributed by atoms with van der Waals surface area (Å²) < 4.78 is 33.5. The minimum Gasteiger partial charge on any atom is -0.459 e. The van der Waals surface area contributed by atoms with Crippen LogP contribution in [0.4, 0.5) is 5.00 Å². The van der Waals surface area contributed by atoms with E-state index in [1.807, 2.05) is 0 Å². The molecule has 1 aromatic heterocycles. The molecule has 0 unspecified atom stereocenters. The first-order valence-corrected chi connectivity index (χ1v) is 11.1. The molecule has 2 aromatic rings. The predicted octanol–water partition coefficient (Wildman–Crippen LogP) is 4.38. The minimum absolute atomic E-state index is 0.173. The summed E-state index contributed by atoms with van der Waals surface area (Å²) in [7, 11) is -3.75. The number of esters is 1. The fraction of sp³-hybridized carbons (Fsp3) is 0.421. The summed E-state index contributed by atoms with van der Waals surface area (Å²) in [6, 6.07) is 8.18. The number of fused-ring (bicyclic) bond motifs is 1. The molecule has 0 radical (unpaired) electrons. The summed E-state index contributed by atoms with van der Waals surface area (Å²) in [6.45, 7) is 3.58. The maximum atomic E-state index is 12.7. The van der Waals surface area contributed by atoms with Crippen molar-refractivity contribution in [2.45, 2.75) is 57.0 Å². The van der Waals surface area contributed by atoms with E-state index in [1.54, 1.807) is 32.0 Å². The predicted molar refractivity (Wildman–Crippen MR) is 103 cm³/mol. The van der Waals surface area contributed by atoms with Crippen molar-refractivity contribution in [1.29, 1.82) is 0 Å². The molecular weight excluding hydrogens is 370 g/mol. The Labute approximate surface area is 158 Å². The van der Waals surface area contributed by atoms with Crippen molar-refractivity contribution in [2.24, 2.45) is 0 Å². The molecule has 1 aliphatic rings. The molecule has 1 aliphatic carbocycles. The van der Waals surface area contributed by atoms with Gasteiger partial charge in [-0.3, -0.25) is 4.72 Å². The van der Waals surface area contributed by atoms with Crippen LogP contribution in [0.5, 0.6) is 0 Å². The quantitative estimate of drug-likeness (QED) is 0.604. The van der Waals surface area contributed by atoms with Crippen LogP contribution in [0, 0.1) is 0 Å². The first-order valence-electron chi connectivity index (χ1n) is 8.82. The number of rotatable bonds is 5. The molecule has 0 fully saturated rings. The molecule has 1 N–H and O–H groups in total. The van der Waals surface area contributed by atoms with Crippen molar-refractivity contribution in [1.82, 2.24) is 0 Å². The van der Waals surface area contributed by atoms with Gasteiger partial charge in [0.1, 0.15) is 5.00 Å². The molecule has 140 valence electrons. The molecule has 0 spiro atoms. The zero-order chi connectivity index (χ0) is 18.7. The van der Waals surface area contributed by atoms with Crippen molar-refractivity contribution in [3.05, 3.63) is 46.3 Å². The lowest BCUT2D eigenvalue weighted by atomic mass is 10.1. The molecule has 7 heteroatoms. The highest BCUT2D eigenvalue weighted by molar-refractivity contribution is 7.93. The number of sulfonamides is 1. The highest BCUT2D eigenvalue weighted by Crippen LogP contribution is 2.39. The van der Waals surface area contributed by atoms with Crippen LogP contribution in [0.2, 0.25) is 0 Å². The Balaban J connectivity index is 2.02. The topological polar surface area (TPSA) is 72.5 Å². The first-order chi connectivity index (χ1) is 12.4. The van der Waals surface area contributed by atoms with Gasteiger partial charge in [-0.25, -0.2) is 13.2 Å². The highest BCUT2D eigenvalue weighted by Gasteiger charge is 2.28. The number of hydrogen-bond acceptors (Lipinski definition) is 5. The second kappa shape index (κ2) is 7.80. The summed E-state index contributed by atoms with van der Waals surface area (Å²) >= 11 is 1.36. The molecule has 5 nitrogen and oxygen atoms in total. The van der Waals surface area contributed by atoms with E-state index in [4.69, 9.17) is 4.74 Å². The third kappa shape index (κ3) is 4.10. The fourth-order valence-corrected chi connectivity index (χ4v) is 5.69. The maximum absolute atomic E-state index is 12.7. The summed E-state index contributed by atoms with van der Waals surface area (Å²) in [6.07, 6.45) is 4.55. The lowest BCUT2D eigenvalue weighted by Gasteiger charge is -2.12. The van der Waals surface area contributed by atoms with Crippen LogP contribution >= 0.6 is 11.3 Å². The van der Waals surface area contributed by atoms with Gasteiger partial charge in [0.2, 0.25) is 0 Å². The first kappa shape index (κ1) is 18.9. The van der Waals surface area contributed by atoms with Gasteiger partial charge < -0.3 is 4.74 Å². The molecular formula is C19H23NO4S2. The van der Waals surface area contributed by atoms with Gasteiger partial charge in [0, 0.05) is 4.88 Å². The third-order valence-corrected chi connectivity index (χ3v) is 6.95. The van der Waals surface area contributed by atoms with Crippen molar-refractivity contribution in [3.63, 3.8) is 0 Å². The van der Waals surface area contributed by atoms with Gasteiger partial charge in [0.15, 0.2) is 0 Å². The highest BCUT2D eigenvalue weighted by atomic mass is 32.2. The molecule has 1 heterocycles. The smallest absolute Gasteiger partial charge is 0.341 e. The fourth-order valence-electron chi connectivity index (χ4n) is 3.08. The van der Waals surface area contributed by atoms with Crippen molar-refractivity contribution in [3.8, 4) is 0 Å². The molecule has 0 saturated carbocycles. The van der Waals surface area contributed by atoms with E-state index in [0.29, 0.717) is 10.6 Å². The van der Waals surface area contributed by atoms with Gasteiger partial charge >= 0.3 is 5.97 Å². The third-order valence-electron chi connectivity index (χ3n) is 4.25. The van der Waals surface area contributed by atoms with Gasteiger partial charge in [0.05, 0.1) is 16.6 Å². The van der Waals surface area contributed by atoms with Gasteiger partial charge in [-0.2, -0.15) is 0 Å². The molecule has 0 bridgehead atoms. The zero-order valence-corrected chi connectivity index (χ0v) is 16.6. The summed E-state index contributed by atoms with van der Waals surface area (Å²) in [5.41, 5.74) is 1.34. The Morgan fingerprint density at radius 3 is 2.50 bits per heavy atom. The molecule has 3 rings (SSSR count). The lowest BCUT2D eigenvalue weighted by Crippen LogP contribution is -2.17. The Kier molecular flexibility index (Phi) is 5.67. The normalized spacial score (nSPS) is 14.6. The van der Waals surface area contributed by atoms with Crippen LogP contribution in [0.1, 0.15) is 53.9 Å². The van der Waals surface area contributed by atoms with E-state index in [2.05, 4.69) is 4.72 Å². The van der Waals surface area contributed by atoms with E-state index in [9.17, 15) is 13.2 Å². The van der Waals surface area contributed by atoms with E-state index < -0.39 is 16.0 Å². The summed E-state index contributed by atoms with van der Waals surface area (Å²) in [4.78, 5) is 14.0. The van der Waals surface area contributed by atoms with Crippen LogP contribution < -0.4 is 4.72 Å². The molecule has 0 atom stereocenters. The number of hydrogen-bond donors (Lipinski definition) is 1. The lowest BCUT2D eigenvalue weighted by molar-refractivity contribution is 0.0378. The number of benzene rings is 1. The monoisotopic (exact) mass is 393 g/mol. The van der Waals surface area contributed by atoms with Crippen molar-refractivity contribution < 1.29 is 17.9 Å². The number of carbonyl (C=O) groups is 1. The molecule has 1 aromatic carbocycles. The summed E-state index contributed by atoms with van der Waals surface area (Å²) in [5.74, 6) is -0.454. The number of ether oxygens (including phenoxy) is 1. The number of aryl methyl sites for hydroxylation is 1. The van der Waals surface area contributed by atoms with Crippen molar-refractivity contribution >= 4 is 32.3 Å². The molecule has 0 aliphatic heterocycles. The SMILES string of the molecule is CC(C)OC(=O)c1c(NS(=O)(=O)c2ccccc2)sc2c1CCCCC2. The average molecular weight is 394 g/mol. The molecule has 26 heavy (non-hydrogen) atoms. The minimum atomic E-state index is -3.75. The second-order valence-electron chi connectivity index (χ2n) is 6.64. The van der Waals surface area contributed by atoms with Crippen LogP contribution in [-0.2, 0) is 27.6 Å². The van der Waals surface area contributed by atoms with Gasteiger partial charge in [-0.15, -0.1) is 11.3 Å². The molecule has 0 saturated heterocycles. The van der Waals surface area contributed by atoms with E-state index in [0.717, 1.165) is 42.5 Å². The largest absolute Gasteiger partial charge is 0.459 e. The molecule has 0 amide bonds. The van der Waals surface area contributed by atoms with E-state index >= 15 is 0 Å². The van der Waals surface area contributed by atoms with Gasteiger partial charge in [0.25, 0.3) is 10.0 Å². The maximum Gasteiger partial charge on any atom is 0.341 e. The standard InChI is InChI=1S/C19H23NO4S2/c1-13(2)24-19(21)17-15-11-7-4-8-12-16(15)25-18(17)20-26(22,23)14-9-5-3-6-10-14/h3,5-6,9-10,13,20H,4,7-8,11-12H2,1-2H3. The second-order valence-corrected chi connectivity index (χ2v) is 9.43. The van der Waals surface area contributed by atoms with E-state index in [-0.39, 0.29) is 11.0 Å².